The third kappa shape index (κ3) is 5.49. The number of amides is 2. The molecule has 0 saturated carbocycles. The van der Waals surface area contributed by atoms with Crippen LogP contribution in [0.1, 0.15) is 19.8 Å². The zero-order chi connectivity index (χ0) is 21.2. The number of carbonyl (C=O) groups is 2. The first-order valence-electron chi connectivity index (χ1n) is 8.72. The number of fused-ring (bicyclic) bond motifs is 1. The van der Waals surface area contributed by atoms with Crippen molar-refractivity contribution in [2.45, 2.75) is 34.8 Å². The van der Waals surface area contributed by atoms with Crippen molar-refractivity contribution in [2.24, 2.45) is 0 Å². The van der Waals surface area contributed by atoms with Gasteiger partial charge in [-0.1, -0.05) is 18.5 Å². The van der Waals surface area contributed by atoms with E-state index in [1.807, 2.05) is 6.92 Å². The Morgan fingerprint density at radius 1 is 1.31 bits per heavy atom. The van der Waals surface area contributed by atoms with E-state index in [4.69, 9.17) is 11.6 Å². The molecule has 0 fully saturated rings. The molecule has 3 rings (SSSR count). The molecule has 1 atom stereocenters. The molecule has 29 heavy (non-hydrogen) atoms. The summed E-state index contributed by atoms with van der Waals surface area (Å²) in [6.45, 7) is 1.93. The van der Waals surface area contributed by atoms with E-state index in [-0.39, 0.29) is 33.2 Å². The molecule has 1 heterocycles. The maximum atomic E-state index is 13.1. The fourth-order valence-corrected chi connectivity index (χ4v) is 5.30. The highest BCUT2D eigenvalue weighted by Crippen LogP contribution is 2.36. The fraction of sp³-hybridized carbons (Fsp3) is 0.263. The summed E-state index contributed by atoms with van der Waals surface area (Å²) in [6, 6.07) is 8.05. The van der Waals surface area contributed by atoms with Crippen molar-refractivity contribution in [1.82, 2.24) is 0 Å². The van der Waals surface area contributed by atoms with Gasteiger partial charge in [-0.25, -0.2) is 12.8 Å². The third-order valence-electron chi connectivity index (χ3n) is 4.19. The summed E-state index contributed by atoms with van der Waals surface area (Å²) < 4.78 is 38.4. The number of thioether (sulfide) groups is 1. The first kappa shape index (κ1) is 21.6. The molecule has 0 aliphatic carbocycles. The Bertz CT molecular complexity index is 1080. The molecule has 154 valence electrons. The molecule has 0 radical (unpaired) electrons. The molecular formula is C19H18ClFN2O4S2. The van der Waals surface area contributed by atoms with Crippen LogP contribution in [0, 0.1) is 5.82 Å². The van der Waals surface area contributed by atoms with Crippen LogP contribution in [0.3, 0.4) is 0 Å². The Balaban J connectivity index is 1.69. The first-order valence-corrected chi connectivity index (χ1v) is 11.6. The van der Waals surface area contributed by atoms with Crippen molar-refractivity contribution in [2.75, 3.05) is 16.4 Å². The van der Waals surface area contributed by atoms with Gasteiger partial charge in [0.25, 0.3) is 0 Å². The molecule has 1 aliphatic heterocycles. The maximum Gasteiger partial charge on any atom is 0.225 e. The van der Waals surface area contributed by atoms with Crippen LogP contribution in [0.4, 0.5) is 15.8 Å². The van der Waals surface area contributed by atoms with E-state index in [9.17, 15) is 22.4 Å². The average molecular weight is 457 g/mol. The van der Waals surface area contributed by atoms with Crippen molar-refractivity contribution < 1.29 is 22.4 Å². The van der Waals surface area contributed by atoms with E-state index < -0.39 is 27.3 Å². The number of nitrogens with one attached hydrogen (secondary N) is 2. The summed E-state index contributed by atoms with van der Waals surface area (Å²) in [7, 11) is -3.76. The van der Waals surface area contributed by atoms with Gasteiger partial charge in [-0.15, -0.1) is 11.8 Å². The molecule has 2 aromatic carbocycles. The number of rotatable bonds is 5. The molecule has 2 aromatic rings. The van der Waals surface area contributed by atoms with Crippen molar-refractivity contribution in [1.29, 1.82) is 0 Å². The highest BCUT2D eigenvalue weighted by atomic mass is 35.5. The van der Waals surface area contributed by atoms with Gasteiger partial charge in [0.05, 0.1) is 27.0 Å². The number of sulfone groups is 1. The van der Waals surface area contributed by atoms with Gasteiger partial charge >= 0.3 is 0 Å². The van der Waals surface area contributed by atoms with Crippen LogP contribution in [0.25, 0.3) is 0 Å². The molecule has 0 saturated heterocycles. The summed E-state index contributed by atoms with van der Waals surface area (Å²) in [6.07, 6.45) is 0.0405. The highest BCUT2D eigenvalue weighted by molar-refractivity contribution is 8.00. The van der Waals surface area contributed by atoms with E-state index >= 15 is 0 Å². The zero-order valence-corrected chi connectivity index (χ0v) is 17.8. The van der Waals surface area contributed by atoms with Crippen LogP contribution in [0.2, 0.25) is 5.02 Å². The minimum atomic E-state index is -3.76. The Morgan fingerprint density at radius 2 is 2.07 bits per heavy atom. The molecule has 0 aromatic heterocycles. The lowest BCUT2D eigenvalue weighted by Crippen LogP contribution is -2.18. The Morgan fingerprint density at radius 3 is 2.79 bits per heavy atom. The second-order valence-electron chi connectivity index (χ2n) is 6.58. The van der Waals surface area contributed by atoms with Gasteiger partial charge in [0.2, 0.25) is 11.8 Å². The van der Waals surface area contributed by atoms with Crippen LogP contribution in [-0.4, -0.2) is 31.2 Å². The van der Waals surface area contributed by atoms with E-state index in [0.29, 0.717) is 12.1 Å². The first-order chi connectivity index (χ1) is 13.6. The minimum Gasteiger partial charge on any atom is -0.325 e. The third-order valence-corrected chi connectivity index (χ3v) is 7.39. The lowest BCUT2D eigenvalue weighted by Gasteiger charge is -2.11. The summed E-state index contributed by atoms with van der Waals surface area (Å²) in [5.41, 5.74) is 0.655. The van der Waals surface area contributed by atoms with Crippen molar-refractivity contribution in [3.63, 3.8) is 0 Å². The summed E-state index contributed by atoms with van der Waals surface area (Å²) >= 11 is 7.35. The standard InChI is InChI=1S/C19H18ClFN2O4S2/c1-11-8-19(25)23-16-10-13(3-5-17(16)28-11)29(26,27)7-6-18(24)22-15-4-2-12(21)9-14(15)20/h2-5,9-11H,6-8H2,1H3,(H,22,24)(H,23,25). The smallest absolute Gasteiger partial charge is 0.225 e. The molecule has 1 unspecified atom stereocenters. The van der Waals surface area contributed by atoms with Crippen LogP contribution >= 0.6 is 23.4 Å². The summed E-state index contributed by atoms with van der Waals surface area (Å²) in [5, 5.41) is 5.30. The topological polar surface area (TPSA) is 92.3 Å². The van der Waals surface area contributed by atoms with Gasteiger partial charge in [0, 0.05) is 23.0 Å². The van der Waals surface area contributed by atoms with Crippen LogP contribution in [0.15, 0.2) is 46.2 Å². The van der Waals surface area contributed by atoms with Gasteiger partial charge in [-0.05, 0) is 36.4 Å². The summed E-state index contributed by atoms with van der Waals surface area (Å²) in [5.74, 6) is -1.70. The van der Waals surface area contributed by atoms with Crippen molar-refractivity contribution in [3.05, 3.63) is 47.2 Å². The highest BCUT2D eigenvalue weighted by Gasteiger charge is 2.23. The lowest BCUT2D eigenvalue weighted by molar-refractivity contribution is -0.116. The largest absolute Gasteiger partial charge is 0.325 e. The number of carbonyl (C=O) groups excluding carboxylic acids is 2. The normalized spacial score (nSPS) is 16.5. The van der Waals surface area contributed by atoms with E-state index in [1.54, 1.807) is 6.07 Å². The van der Waals surface area contributed by atoms with Crippen LogP contribution in [-0.2, 0) is 19.4 Å². The Labute approximate surface area is 177 Å². The maximum absolute atomic E-state index is 13.1. The Hall–Kier alpha value is -2.10. The average Bonchev–Trinajstić information content (AvgIpc) is 2.78. The molecule has 6 nitrogen and oxygen atoms in total. The minimum absolute atomic E-state index is 0.0226. The fourth-order valence-electron chi connectivity index (χ4n) is 2.77. The second-order valence-corrected chi connectivity index (χ2v) is 10.6. The van der Waals surface area contributed by atoms with Crippen molar-refractivity contribution in [3.8, 4) is 0 Å². The number of hydrogen-bond acceptors (Lipinski definition) is 5. The lowest BCUT2D eigenvalue weighted by atomic mass is 10.3. The van der Waals surface area contributed by atoms with Gasteiger partial charge in [0.15, 0.2) is 9.84 Å². The molecular weight excluding hydrogens is 439 g/mol. The predicted octanol–water partition coefficient (Wildman–Crippen LogP) is 4.10. The number of halogens is 2. The molecule has 10 heteroatoms. The molecule has 2 amide bonds. The molecule has 0 spiro atoms. The van der Waals surface area contributed by atoms with Gasteiger partial charge in [-0.3, -0.25) is 9.59 Å². The molecule has 2 N–H and O–H groups in total. The second kappa shape index (κ2) is 8.73. The summed E-state index contributed by atoms with van der Waals surface area (Å²) in [4.78, 5) is 24.8. The SMILES string of the molecule is CC1CC(=O)Nc2cc(S(=O)(=O)CCC(=O)Nc3ccc(F)cc3Cl)ccc2S1. The predicted molar refractivity (Wildman–Crippen MR) is 112 cm³/mol. The van der Waals surface area contributed by atoms with Crippen molar-refractivity contribution >= 4 is 56.4 Å². The van der Waals surface area contributed by atoms with Gasteiger partial charge in [0.1, 0.15) is 5.82 Å². The quantitative estimate of drug-likeness (QED) is 0.706. The molecule has 0 bridgehead atoms. The van der Waals surface area contributed by atoms with Crippen LogP contribution < -0.4 is 10.6 Å². The monoisotopic (exact) mass is 456 g/mol. The van der Waals surface area contributed by atoms with Gasteiger partial charge in [-0.2, -0.15) is 0 Å². The number of benzene rings is 2. The van der Waals surface area contributed by atoms with E-state index in [0.717, 1.165) is 17.0 Å². The Kier molecular flexibility index (Phi) is 6.50. The number of anilines is 2. The molecule has 1 aliphatic rings. The van der Waals surface area contributed by atoms with Gasteiger partial charge < -0.3 is 10.6 Å². The van der Waals surface area contributed by atoms with E-state index in [1.165, 1.54) is 30.0 Å². The van der Waals surface area contributed by atoms with Crippen LogP contribution in [0.5, 0.6) is 0 Å². The van der Waals surface area contributed by atoms with E-state index in [2.05, 4.69) is 10.6 Å². The zero-order valence-electron chi connectivity index (χ0n) is 15.4. The number of hydrogen-bond donors (Lipinski definition) is 2.